The molecule has 0 bridgehead atoms. The van der Waals surface area contributed by atoms with Gasteiger partial charge in [0.05, 0.1) is 12.1 Å². The molecule has 0 fully saturated rings. The highest BCUT2D eigenvalue weighted by molar-refractivity contribution is 5.05. The number of nitriles is 1. The fraction of sp³-hybridized carbons (Fsp3) is 0.400. The van der Waals surface area contributed by atoms with Crippen LogP contribution in [0.5, 0.6) is 0 Å². The summed E-state index contributed by atoms with van der Waals surface area (Å²) in [6, 6.07) is 1.81. The number of allylic oxidation sites excluding steroid dienone is 2. The summed E-state index contributed by atoms with van der Waals surface area (Å²) in [5.74, 6) is 0.551. The van der Waals surface area contributed by atoms with Crippen LogP contribution in [0.1, 0.15) is 6.92 Å². The van der Waals surface area contributed by atoms with Crippen molar-refractivity contribution in [2.75, 3.05) is 6.73 Å². The molecule has 0 rings (SSSR count). The molecule has 0 atom stereocenters. The zero-order chi connectivity index (χ0) is 6.41. The van der Waals surface area contributed by atoms with Crippen LogP contribution >= 0.6 is 0 Å². The van der Waals surface area contributed by atoms with Crippen LogP contribution in [0, 0.1) is 11.3 Å². The lowest BCUT2D eigenvalue weighted by molar-refractivity contribution is 0.223. The SMILES string of the molecule is C/C(=C/C#N)OCN. The average Bonchev–Trinajstić information content (AvgIpc) is 1.68. The van der Waals surface area contributed by atoms with Gasteiger partial charge in [0, 0.05) is 0 Å². The fourth-order valence-electron chi connectivity index (χ4n) is 0.264. The van der Waals surface area contributed by atoms with Crippen molar-refractivity contribution in [1.29, 1.82) is 5.26 Å². The van der Waals surface area contributed by atoms with E-state index in [0.29, 0.717) is 5.76 Å². The van der Waals surface area contributed by atoms with Crippen LogP contribution in [0.4, 0.5) is 0 Å². The van der Waals surface area contributed by atoms with Gasteiger partial charge >= 0.3 is 0 Å². The summed E-state index contributed by atoms with van der Waals surface area (Å²) in [5.41, 5.74) is 4.99. The Balaban J connectivity index is 3.49. The highest BCUT2D eigenvalue weighted by Gasteiger charge is 1.81. The largest absolute Gasteiger partial charge is 0.483 e. The lowest BCUT2D eigenvalue weighted by Gasteiger charge is -1.96. The molecule has 0 aromatic rings. The van der Waals surface area contributed by atoms with Gasteiger partial charge in [-0.3, -0.25) is 5.73 Å². The van der Waals surface area contributed by atoms with E-state index in [1.165, 1.54) is 6.08 Å². The normalized spacial score (nSPS) is 10.4. The minimum Gasteiger partial charge on any atom is -0.483 e. The van der Waals surface area contributed by atoms with Crippen LogP contribution < -0.4 is 5.73 Å². The number of nitrogens with zero attached hydrogens (tertiary/aromatic N) is 1. The third-order valence-electron chi connectivity index (χ3n) is 0.579. The first kappa shape index (κ1) is 6.99. The molecule has 0 aliphatic rings. The first-order chi connectivity index (χ1) is 3.81. The molecule has 0 unspecified atom stereocenters. The maximum atomic E-state index is 8.02. The van der Waals surface area contributed by atoms with Crippen LogP contribution in [-0.4, -0.2) is 6.73 Å². The van der Waals surface area contributed by atoms with Gasteiger partial charge in [0.1, 0.15) is 12.5 Å². The zero-order valence-electron chi connectivity index (χ0n) is 4.72. The quantitative estimate of drug-likeness (QED) is 0.318. The van der Waals surface area contributed by atoms with Gasteiger partial charge in [0.25, 0.3) is 0 Å². The maximum Gasteiger partial charge on any atom is 0.136 e. The molecular weight excluding hydrogens is 104 g/mol. The summed E-state index contributed by atoms with van der Waals surface area (Å²) in [7, 11) is 0. The number of hydrogen-bond acceptors (Lipinski definition) is 3. The summed E-state index contributed by atoms with van der Waals surface area (Å²) in [6.07, 6.45) is 1.30. The number of rotatable bonds is 2. The molecule has 0 aliphatic heterocycles. The Morgan fingerprint density at radius 2 is 2.62 bits per heavy atom. The Hall–Kier alpha value is -1.01. The summed E-state index contributed by atoms with van der Waals surface area (Å²) < 4.78 is 4.70. The minimum atomic E-state index is 0.129. The number of ether oxygens (including phenoxy) is 1. The zero-order valence-corrected chi connectivity index (χ0v) is 4.72. The molecule has 0 spiro atoms. The van der Waals surface area contributed by atoms with Crippen LogP contribution in [0.3, 0.4) is 0 Å². The molecule has 0 saturated carbocycles. The lowest BCUT2D eigenvalue weighted by Crippen LogP contribution is -2.02. The highest BCUT2D eigenvalue weighted by atomic mass is 16.5. The van der Waals surface area contributed by atoms with E-state index in [9.17, 15) is 0 Å². The Morgan fingerprint density at radius 1 is 2.00 bits per heavy atom. The van der Waals surface area contributed by atoms with Gasteiger partial charge in [-0.15, -0.1) is 0 Å². The summed E-state index contributed by atoms with van der Waals surface area (Å²) in [6.45, 7) is 1.81. The molecule has 0 aromatic heterocycles. The summed E-state index contributed by atoms with van der Waals surface area (Å²) >= 11 is 0. The van der Waals surface area contributed by atoms with Crippen molar-refractivity contribution in [1.82, 2.24) is 0 Å². The molecule has 0 aliphatic carbocycles. The second kappa shape index (κ2) is 4.16. The van der Waals surface area contributed by atoms with Crippen LogP contribution in [0.2, 0.25) is 0 Å². The number of nitrogens with two attached hydrogens (primary N) is 1. The molecule has 0 amide bonds. The smallest absolute Gasteiger partial charge is 0.136 e. The van der Waals surface area contributed by atoms with Crippen LogP contribution in [-0.2, 0) is 4.74 Å². The molecule has 3 heteroatoms. The van der Waals surface area contributed by atoms with Gasteiger partial charge in [0.2, 0.25) is 0 Å². The second-order valence-electron chi connectivity index (χ2n) is 1.20. The topological polar surface area (TPSA) is 59.0 Å². The third-order valence-corrected chi connectivity index (χ3v) is 0.579. The molecule has 44 valence electrons. The van der Waals surface area contributed by atoms with E-state index in [1.54, 1.807) is 6.92 Å². The van der Waals surface area contributed by atoms with Gasteiger partial charge in [-0.2, -0.15) is 5.26 Å². The predicted molar refractivity (Wildman–Crippen MR) is 29.5 cm³/mol. The molecular formula is C5H8N2O. The van der Waals surface area contributed by atoms with Crippen molar-refractivity contribution < 1.29 is 4.74 Å². The summed E-state index contributed by atoms with van der Waals surface area (Å²) in [4.78, 5) is 0. The molecule has 3 nitrogen and oxygen atoms in total. The third kappa shape index (κ3) is 3.19. The van der Waals surface area contributed by atoms with Gasteiger partial charge < -0.3 is 4.74 Å². The molecule has 2 N–H and O–H groups in total. The Labute approximate surface area is 48.4 Å². The van der Waals surface area contributed by atoms with E-state index in [4.69, 9.17) is 15.7 Å². The standard InChI is InChI=1S/C5H8N2O/c1-5(2-3-6)8-4-7/h2H,4,7H2,1H3/b5-2-. The van der Waals surface area contributed by atoms with Gasteiger partial charge in [-0.25, -0.2) is 0 Å². The van der Waals surface area contributed by atoms with Crippen molar-refractivity contribution in [3.63, 3.8) is 0 Å². The fourth-order valence-corrected chi connectivity index (χ4v) is 0.264. The van der Waals surface area contributed by atoms with Gasteiger partial charge in [-0.05, 0) is 6.92 Å². The van der Waals surface area contributed by atoms with Crippen LogP contribution in [0.25, 0.3) is 0 Å². The van der Waals surface area contributed by atoms with E-state index >= 15 is 0 Å². The second-order valence-corrected chi connectivity index (χ2v) is 1.20. The van der Waals surface area contributed by atoms with Crippen LogP contribution in [0.15, 0.2) is 11.8 Å². The van der Waals surface area contributed by atoms with Crippen molar-refractivity contribution in [3.05, 3.63) is 11.8 Å². The Kier molecular flexibility index (Phi) is 3.63. The molecule has 0 aromatic carbocycles. The van der Waals surface area contributed by atoms with Gasteiger partial charge in [-0.1, -0.05) is 0 Å². The highest BCUT2D eigenvalue weighted by Crippen LogP contribution is 1.89. The predicted octanol–water partition coefficient (Wildman–Crippen LogP) is 0.347. The van der Waals surface area contributed by atoms with E-state index in [0.717, 1.165) is 0 Å². The first-order valence-electron chi connectivity index (χ1n) is 2.20. The van der Waals surface area contributed by atoms with Crippen molar-refractivity contribution in [3.8, 4) is 6.07 Å². The Bertz CT molecular complexity index is 123. The van der Waals surface area contributed by atoms with Crippen molar-refractivity contribution in [2.45, 2.75) is 6.92 Å². The maximum absolute atomic E-state index is 8.02. The molecule has 0 heterocycles. The molecule has 0 saturated heterocycles. The van der Waals surface area contributed by atoms with Crippen molar-refractivity contribution >= 4 is 0 Å². The minimum absolute atomic E-state index is 0.129. The van der Waals surface area contributed by atoms with Crippen molar-refractivity contribution in [2.24, 2.45) is 5.73 Å². The van der Waals surface area contributed by atoms with E-state index in [2.05, 4.69) is 0 Å². The first-order valence-corrected chi connectivity index (χ1v) is 2.20. The lowest BCUT2D eigenvalue weighted by atomic mass is 10.5. The number of hydrogen-bond donors (Lipinski definition) is 1. The van der Waals surface area contributed by atoms with E-state index in [1.807, 2.05) is 6.07 Å². The molecule has 8 heavy (non-hydrogen) atoms. The Morgan fingerprint density at radius 3 is 3.00 bits per heavy atom. The monoisotopic (exact) mass is 112 g/mol. The van der Waals surface area contributed by atoms with E-state index < -0.39 is 0 Å². The average molecular weight is 112 g/mol. The van der Waals surface area contributed by atoms with E-state index in [-0.39, 0.29) is 6.73 Å². The summed E-state index contributed by atoms with van der Waals surface area (Å²) in [5, 5.41) is 8.02. The van der Waals surface area contributed by atoms with Gasteiger partial charge in [0.15, 0.2) is 0 Å². The molecule has 0 radical (unpaired) electrons.